The molecule has 127 heavy (non-hydrogen) atoms. The number of carbonyl (C=O) groups excluding carboxylic acids is 14. The van der Waals surface area contributed by atoms with Crippen molar-refractivity contribution >= 4 is 106 Å². The van der Waals surface area contributed by atoms with Crippen molar-refractivity contribution in [3.63, 3.8) is 0 Å². The fourth-order valence-corrected chi connectivity index (χ4v) is 13.5. The maximum Gasteiger partial charge on any atom is 0.328 e. The maximum absolute atomic E-state index is 15.2. The fourth-order valence-electron chi connectivity index (χ4n) is 13.5. The molecule has 0 spiro atoms. The zero-order chi connectivity index (χ0) is 94.3. The summed E-state index contributed by atoms with van der Waals surface area (Å²) in [7, 11) is 0. The van der Waals surface area contributed by atoms with E-state index in [-0.39, 0.29) is 76.0 Å². The van der Waals surface area contributed by atoms with Crippen LogP contribution in [0, 0.1) is 23.7 Å². The van der Waals surface area contributed by atoms with Gasteiger partial charge in [0.1, 0.15) is 78.3 Å². The number of carbonyl (C=O) groups is 16. The van der Waals surface area contributed by atoms with E-state index in [1.807, 2.05) is 0 Å². The third-order valence-electron chi connectivity index (χ3n) is 21.7. The van der Waals surface area contributed by atoms with E-state index in [9.17, 15) is 103 Å². The van der Waals surface area contributed by atoms with E-state index in [1.165, 1.54) is 31.2 Å². The van der Waals surface area contributed by atoms with Gasteiger partial charge in [-0.2, -0.15) is 0 Å². The molecule has 0 radical (unpaired) electrons. The van der Waals surface area contributed by atoms with Crippen LogP contribution in [-0.2, 0) is 102 Å². The Labute approximate surface area is 737 Å². The number of benzene rings is 4. The summed E-state index contributed by atoms with van der Waals surface area (Å²) >= 11 is 0. The van der Waals surface area contributed by atoms with Crippen LogP contribution in [0.2, 0.25) is 0 Å². The number of aliphatic hydroxyl groups excluding tert-OH is 3. The van der Waals surface area contributed by atoms with Crippen molar-refractivity contribution in [2.75, 3.05) is 26.3 Å². The summed E-state index contributed by atoms with van der Waals surface area (Å²) in [6.07, 6.45) is -0.0555. The second kappa shape index (κ2) is 53.1. The molecule has 4 aromatic carbocycles. The van der Waals surface area contributed by atoms with Crippen LogP contribution in [-0.4, -0.2) is 247 Å². The van der Waals surface area contributed by atoms with Gasteiger partial charge in [0.05, 0.1) is 31.9 Å². The van der Waals surface area contributed by atoms with E-state index < -0.39 is 229 Å². The molecule has 0 unspecified atom stereocenters. The number of aliphatic hydroxyl groups is 3. The van der Waals surface area contributed by atoms with Crippen molar-refractivity contribution in [3.05, 3.63) is 138 Å². The smallest absolute Gasteiger partial charge is 0.328 e. The lowest BCUT2D eigenvalue weighted by Crippen LogP contribution is -2.62. The largest absolute Gasteiger partial charge is 0.508 e. The van der Waals surface area contributed by atoms with Crippen LogP contribution in [0.4, 0.5) is 0 Å². The Balaban J connectivity index is 1.33. The van der Waals surface area contributed by atoms with Crippen LogP contribution in [0.25, 0.3) is 10.9 Å². The third kappa shape index (κ3) is 34.4. The van der Waals surface area contributed by atoms with Crippen molar-refractivity contribution in [2.24, 2.45) is 35.1 Å². The number of fused-ring (bicyclic) bond motifs is 1. The van der Waals surface area contributed by atoms with Crippen LogP contribution >= 0.6 is 0 Å². The van der Waals surface area contributed by atoms with Crippen LogP contribution < -0.4 is 85.9 Å². The Hall–Kier alpha value is -12.5. The summed E-state index contributed by atoms with van der Waals surface area (Å²) in [5.41, 5.74) is 14.4. The zero-order valence-electron chi connectivity index (χ0n) is 73.3. The molecule has 25 N–H and O–H groups in total. The average Bonchev–Trinajstić information content (AvgIpc) is 1.73. The molecule has 5 rings (SSSR count). The fraction of sp³-hybridized carbons (Fsp3) is 0.523. The van der Waals surface area contributed by atoms with Gasteiger partial charge in [0.25, 0.3) is 0 Å². The molecule has 696 valence electrons. The van der Waals surface area contributed by atoms with Gasteiger partial charge < -0.3 is 122 Å². The molecule has 39 heteroatoms. The van der Waals surface area contributed by atoms with E-state index in [4.69, 9.17) is 11.5 Å². The average molecular weight is 1780 g/mol. The van der Waals surface area contributed by atoms with Crippen molar-refractivity contribution in [1.82, 2.24) is 79.4 Å². The second-order valence-corrected chi connectivity index (χ2v) is 32.3. The predicted molar refractivity (Wildman–Crippen MR) is 467 cm³/mol. The molecular weight excluding hydrogens is 1650 g/mol. The number of para-hydroxylation sites is 1. The number of hydrogen-bond donors (Lipinski definition) is 23. The molecule has 39 nitrogen and oxygen atoms in total. The van der Waals surface area contributed by atoms with Crippen LogP contribution in [0.3, 0.4) is 0 Å². The Morgan fingerprint density at radius 1 is 0.402 bits per heavy atom. The molecule has 0 aliphatic carbocycles. The number of hydrogen-bond acceptors (Lipinski definition) is 22. The zero-order valence-corrected chi connectivity index (χ0v) is 73.3. The lowest BCUT2D eigenvalue weighted by molar-refractivity contribution is -0.145. The molecule has 1 aromatic heterocycles. The standard InChI is InChI=1S/C88H127N17O22/c1-11-48(6)71(85(123)92-44-69(110)94-63(41-55-31-33-57(109)34-32-55)78(116)100-68(46-107)84(122)96-65(40-54-26-18-15-19-27-54)82(120)105-74(52(10)108)88(126)127)102-75(113)51(9)93-77(115)61(30-22-23-37-89)95-83(121)67(45-106)101-80(118)66(42-56-43-91-60-29-21-20-28-58(56)60)97-79(117)64(39-53-24-16-14-17-25-53)99-87(125)73(50(8)13-3)104-81(119)62(38-47(4)5)98-86(124)72(49(7)12-2)103-76(114)59(90)35-36-70(111)112/h14-21,24-29,31-34,43,47-52,59,61-68,71-74,91,106-109H,11-13,22-23,30,35-42,44-46,89-90H2,1-10H3,(H,92,123)(H,93,115)(H,94,110)(H,95,121)(H,96,122)(H,97,117)(H,98,124)(H,99,125)(H,100,116)(H,101,118)(H,102,113)(H,103,114)(H,104,119)(H,105,120)(H,111,112)(H,126,127)/t48-,49-,50-,51-,52+,59-,61-,62-,63-,64-,65-,66-,67-,68-,71-,72-,73-,74-/m0/s1. The number of nitrogens with one attached hydrogen (secondary N) is 15. The number of phenolic OH excluding ortho intramolecular Hbond substituents is 1. The Morgan fingerprint density at radius 2 is 0.795 bits per heavy atom. The molecule has 0 saturated carbocycles. The van der Waals surface area contributed by atoms with E-state index in [2.05, 4.69) is 79.4 Å². The number of aliphatic carboxylic acids is 2. The SMILES string of the molecule is CC[C@H](C)[C@H](NC(=O)[C@H](C)NC(=O)[C@H](CCCCN)NC(=O)[C@H](CO)NC(=O)[C@H](Cc1c[nH]c2ccccc12)NC(=O)[C@H](Cc1ccccc1)NC(=O)[C@@H](NC(=O)[C@H](CC(C)C)NC(=O)[C@@H](NC(=O)[C@@H](N)CCC(=O)O)[C@@H](C)CC)[C@@H](C)CC)C(=O)NCC(=O)N[C@@H](Cc1ccc(O)cc1)C(=O)N[C@@H](CO)C(=O)N[C@@H](Cc1ccccc1)C(=O)N[C@H](C(=O)O)[C@@H](C)O. The first-order chi connectivity index (χ1) is 60.3. The third-order valence-corrected chi connectivity index (χ3v) is 21.7. The topological polar surface area (TPSA) is 631 Å². The van der Waals surface area contributed by atoms with Gasteiger partial charge in [0.15, 0.2) is 6.04 Å². The summed E-state index contributed by atoms with van der Waals surface area (Å²) in [6.45, 7) is 13.4. The van der Waals surface area contributed by atoms with Crippen molar-refractivity contribution in [2.45, 2.75) is 243 Å². The van der Waals surface area contributed by atoms with Crippen LogP contribution in [0.1, 0.15) is 149 Å². The van der Waals surface area contributed by atoms with E-state index in [0.717, 1.165) is 6.92 Å². The second-order valence-electron chi connectivity index (χ2n) is 32.3. The maximum atomic E-state index is 15.2. The lowest BCUT2D eigenvalue weighted by Gasteiger charge is -2.31. The number of carboxylic acid groups (broad SMARTS) is 2. The molecule has 1 heterocycles. The molecule has 14 amide bonds. The number of aromatic nitrogens is 1. The lowest BCUT2D eigenvalue weighted by atomic mass is 9.94. The minimum atomic E-state index is -1.83. The molecular formula is C88H127N17O22. The number of nitrogens with two attached hydrogens (primary N) is 2. The minimum Gasteiger partial charge on any atom is -0.508 e. The number of aromatic hydroxyl groups is 1. The Kier molecular flexibility index (Phi) is 43.9. The van der Waals surface area contributed by atoms with E-state index >= 15 is 4.79 Å². The van der Waals surface area contributed by atoms with Crippen molar-refractivity contribution < 1.29 is 107 Å². The molecule has 5 aromatic rings. The summed E-state index contributed by atoms with van der Waals surface area (Å²) in [5, 5.41) is 96.8. The quantitative estimate of drug-likeness (QED) is 0.0198. The van der Waals surface area contributed by atoms with Gasteiger partial charge >= 0.3 is 11.9 Å². The van der Waals surface area contributed by atoms with E-state index in [0.29, 0.717) is 52.4 Å². The normalized spacial score (nSPS) is 15.5. The highest BCUT2D eigenvalue weighted by Gasteiger charge is 2.40. The highest BCUT2D eigenvalue weighted by molar-refractivity contribution is 6.01. The van der Waals surface area contributed by atoms with Gasteiger partial charge in [-0.25, -0.2) is 4.79 Å². The van der Waals surface area contributed by atoms with Gasteiger partial charge in [0, 0.05) is 49.2 Å². The molecule has 0 fully saturated rings. The van der Waals surface area contributed by atoms with Crippen LogP contribution in [0.5, 0.6) is 5.75 Å². The number of rotatable bonds is 55. The molecule has 0 aliphatic heterocycles. The van der Waals surface area contributed by atoms with Gasteiger partial charge in [-0.05, 0) is 117 Å². The first kappa shape index (κ1) is 105. The first-order valence-corrected chi connectivity index (χ1v) is 42.7. The summed E-state index contributed by atoms with van der Waals surface area (Å²) in [5.74, 6) is -18.0. The summed E-state index contributed by atoms with van der Waals surface area (Å²) < 4.78 is 0. The molecule has 0 saturated heterocycles. The number of carboxylic acids is 2. The summed E-state index contributed by atoms with van der Waals surface area (Å²) in [6, 6.07) is 8.15. The number of unbranched alkanes of at least 4 members (excludes halogenated alkanes) is 1. The van der Waals surface area contributed by atoms with Gasteiger partial charge in [-0.3, -0.25) is 71.9 Å². The number of aromatic amines is 1. The van der Waals surface area contributed by atoms with Gasteiger partial charge in [0.2, 0.25) is 82.7 Å². The molecule has 0 aliphatic rings. The number of amides is 14. The first-order valence-electron chi connectivity index (χ1n) is 42.7. The number of phenols is 1. The molecule has 18 atom stereocenters. The van der Waals surface area contributed by atoms with Gasteiger partial charge in [-0.15, -0.1) is 0 Å². The highest BCUT2D eigenvalue weighted by Crippen LogP contribution is 2.22. The minimum absolute atomic E-state index is 0.0605. The summed E-state index contributed by atoms with van der Waals surface area (Å²) in [4.78, 5) is 226. The van der Waals surface area contributed by atoms with Crippen molar-refractivity contribution in [1.29, 1.82) is 0 Å². The Morgan fingerprint density at radius 3 is 1.27 bits per heavy atom. The van der Waals surface area contributed by atoms with Crippen molar-refractivity contribution in [3.8, 4) is 5.75 Å². The highest BCUT2D eigenvalue weighted by atomic mass is 16.4. The Bertz CT molecular complexity index is 4500. The van der Waals surface area contributed by atoms with Gasteiger partial charge in [-0.1, -0.05) is 166 Å². The predicted octanol–water partition coefficient (Wildman–Crippen LogP) is -1.46. The molecule has 0 bridgehead atoms. The van der Waals surface area contributed by atoms with E-state index in [1.54, 1.807) is 147 Å². The number of H-pyrrole nitrogens is 1. The monoisotopic (exact) mass is 1770 g/mol. The van der Waals surface area contributed by atoms with Crippen LogP contribution in [0.15, 0.2) is 115 Å².